The van der Waals surface area contributed by atoms with Crippen molar-refractivity contribution in [2.24, 2.45) is 5.92 Å². The van der Waals surface area contributed by atoms with Crippen LogP contribution in [0, 0.1) is 5.92 Å². The summed E-state index contributed by atoms with van der Waals surface area (Å²) in [6.07, 6.45) is 3.82. The summed E-state index contributed by atoms with van der Waals surface area (Å²) in [5, 5.41) is 13.8. The maximum absolute atomic E-state index is 10.4. The molecule has 4 heteroatoms. The van der Waals surface area contributed by atoms with Gasteiger partial charge in [-0.05, 0) is 30.9 Å². The molecule has 0 amide bonds. The van der Waals surface area contributed by atoms with Crippen LogP contribution in [-0.4, -0.2) is 43.3 Å². The van der Waals surface area contributed by atoms with Crippen LogP contribution in [0.15, 0.2) is 18.2 Å². The summed E-state index contributed by atoms with van der Waals surface area (Å²) in [5.74, 6) is 1.84. The summed E-state index contributed by atoms with van der Waals surface area (Å²) in [5.41, 5.74) is 0.988. The van der Waals surface area contributed by atoms with Gasteiger partial charge in [0.15, 0.2) is 0 Å². The molecule has 1 atom stereocenters. The second-order valence-electron chi connectivity index (χ2n) is 5.81. The first kappa shape index (κ1) is 13.7. The number of rotatable bonds is 4. The minimum Gasteiger partial charge on any atom is -0.507 e. The maximum Gasteiger partial charge on any atom is 0.127 e. The van der Waals surface area contributed by atoms with Gasteiger partial charge in [0.2, 0.25) is 0 Å². The van der Waals surface area contributed by atoms with Crippen molar-refractivity contribution in [3.8, 4) is 11.5 Å². The highest BCUT2D eigenvalue weighted by molar-refractivity contribution is 5.46. The largest absolute Gasteiger partial charge is 0.507 e. The molecule has 1 aliphatic carbocycles. The van der Waals surface area contributed by atoms with Crippen molar-refractivity contribution in [2.45, 2.75) is 25.3 Å². The number of hydrogen-bond acceptors (Lipinski definition) is 4. The first-order chi connectivity index (χ1) is 9.81. The third kappa shape index (κ3) is 2.50. The van der Waals surface area contributed by atoms with Gasteiger partial charge in [0.1, 0.15) is 11.5 Å². The van der Waals surface area contributed by atoms with Crippen LogP contribution >= 0.6 is 0 Å². The Labute approximate surface area is 120 Å². The van der Waals surface area contributed by atoms with E-state index in [2.05, 4.69) is 10.2 Å². The third-order valence-electron chi connectivity index (χ3n) is 4.70. The molecule has 1 saturated heterocycles. The van der Waals surface area contributed by atoms with E-state index in [9.17, 15) is 5.11 Å². The molecule has 1 heterocycles. The quantitative estimate of drug-likeness (QED) is 0.884. The number of methoxy groups -OCH3 is 1. The lowest BCUT2D eigenvalue weighted by atomic mass is 9.75. The number of nitrogens with zero attached hydrogens (tertiary/aromatic N) is 1. The van der Waals surface area contributed by atoms with Gasteiger partial charge in [-0.2, -0.15) is 0 Å². The standard InChI is InChI=1S/C16H24N2O2/c1-20-14-7-3-6-13(19)15(14)16(12-4-2-5-12)18-10-8-17-9-11-18/h3,6-7,12,16-17,19H,2,4-5,8-11H2,1H3/t16-/m0/s1. The normalized spacial score (nSPS) is 22.2. The van der Waals surface area contributed by atoms with Gasteiger partial charge in [-0.25, -0.2) is 0 Å². The van der Waals surface area contributed by atoms with Crippen molar-refractivity contribution in [2.75, 3.05) is 33.3 Å². The Balaban J connectivity index is 1.95. The van der Waals surface area contributed by atoms with Gasteiger partial charge in [-0.15, -0.1) is 0 Å². The van der Waals surface area contributed by atoms with E-state index in [1.165, 1.54) is 19.3 Å². The molecule has 0 aromatic heterocycles. The van der Waals surface area contributed by atoms with Crippen molar-refractivity contribution >= 4 is 0 Å². The highest BCUT2D eigenvalue weighted by Crippen LogP contribution is 2.47. The first-order valence-corrected chi connectivity index (χ1v) is 7.62. The van der Waals surface area contributed by atoms with E-state index >= 15 is 0 Å². The molecular formula is C16H24N2O2. The second kappa shape index (κ2) is 6.02. The molecule has 1 aliphatic heterocycles. The Morgan fingerprint density at radius 2 is 2.05 bits per heavy atom. The highest BCUT2D eigenvalue weighted by atomic mass is 16.5. The van der Waals surface area contributed by atoms with Crippen LogP contribution in [0.5, 0.6) is 11.5 Å². The third-order valence-corrected chi connectivity index (χ3v) is 4.70. The summed E-state index contributed by atoms with van der Waals surface area (Å²) >= 11 is 0. The zero-order valence-corrected chi connectivity index (χ0v) is 12.1. The summed E-state index contributed by atoms with van der Waals surface area (Å²) < 4.78 is 5.51. The van der Waals surface area contributed by atoms with Crippen LogP contribution in [0.2, 0.25) is 0 Å². The van der Waals surface area contributed by atoms with Gasteiger partial charge in [0, 0.05) is 32.2 Å². The van der Waals surface area contributed by atoms with Gasteiger partial charge in [0.05, 0.1) is 12.7 Å². The zero-order valence-electron chi connectivity index (χ0n) is 12.1. The Morgan fingerprint density at radius 1 is 1.30 bits per heavy atom. The first-order valence-electron chi connectivity index (χ1n) is 7.62. The predicted molar refractivity (Wildman–Crippen MR) is 79.2 cm³/mol. The topological polar surface area (TPSA) is 44.7 Å². The summed E-state index contributed by atoms with van der Waals surface area (Å²) in [6, 6.07) is 5.89. The molecule has 0 spiro atoms. The average Bonchev–Trinajstić information content (AvgIpc) is 2.44. The molecular weight excluding hydrogens is 252 g/mol. The minimum absolute atomic E-state index is 0.294. The molecule has 0 radical (unpaired) electrons. The molecule has 1 aromatic rings. The number of aromatic hydroxyl groups is 1. The zero-order chi connectivity index (χ0) is 13.9. The van der Waals surface area contributed by atoms with Crippen LogP contribution in [0.4, 0.5) is 0 Å². The molecule has 0 bridgehead atoms. The van der Waals surface area contributed by atoms with Crippen molar-refractivity contribution in [3.05, 3.63) is 23.8 Å². The van der Waals surface area contributed by atoms with Crippen molar-refractivity contribution in [3.63, 3.8) is 0 Å². The van der Waals surface area contributed by atoms with Gasteiger partial charge < -0.3 is 15.2 Å². The molecule has 1 aromatic carbocycles. The smallest absolute Gasteiger partial charge is 0.127 e. The van der Waals surface area contributed by atoms with Crippen LogP contribution in [0.3, 0.4) is 0 Å². The molecule has 2 fully saturated rings. The van der Waals surface area contributed by atoms with Crippen molar-refractivity contribution in [1.29, 1.82) is 0 Å². The van der Waals surface area contributed by atoms with Crippen molar-refractivity contribution < 1.29 is 9.84 Å². The van der Waals surface area contributed by atoms with Crippen LogP contribution in [0.25, 0.3) is 0 Å². The molecule has 110 valence electrons. The second-order valence-corrected chi connectivity index (χ2v) is 5.81. The van der Waals surface area contributed by atoms with E-state index in [-0.39, 0.29) is 0 Å². The molecule has 20 heavy (non-hydrogen) atoms. The molecule has 1 saturated carbocycles. The lowest BCUT2D eigenvalue weighted by Gasteiger charge is -2.43. The van der Waals surface area contributed by atoms with E-state index < -0.39 is 0 Å². The van der Waals surface area contributed by atoms with E-state index in [1.807, 2.05) is 12.1 Å². The summed E-state index contributed by atoms with van der Waals surface area (Å²) in [7, 11) is 1.69. The Kier molecular flexibility index (Phi) is 4.13. The molecule has 2 N–H and O–H groups in total. The summed E-state index contributed by atoms with van der Waals surface area (Å²) in [4.78, 5) is 2.51. The fourth-order valence-corrected chi connectivity index (χ4v) is 3.44. The molecule has 3 rings (SSSR count). The maximum atomic E-state index is 10.4. The van der Waals surface area contributed by atoms with E-state index in [0.29, 0.717) is 17.7 Å². The van der Waals surface area contributed by atoms with Crippen LogP contribution in [-0.2, 0) is 0 Å². The van der Waals surface area contributed by atoms with Crippen LogP contribution in [0.1, 0.15) is 30.9 Å². The van der Waals surface area contributed by atoms with Gasteiger partial charge in [-0.1, -0.05) is 12.5 Å². The lowest BCUT2D eigenvalue weighted by molar-refractivity contribution is 0.0800. The SMILES string of the molecule is COc1cccc(O)c1[C@H](C1CCC1)N1CCNCC1. The number of phenols is 1. The van der Waals surface area contributed by atoms with Gasteiger partial charge in [-0.3, -0.25) is 4.90 Å². The Morgan fingerprint density at radius 3 is 2.65 bits per heavy atom. The predicted octanol–water partition coefficient (Wildman–Crippen LogP) is 2.15. The Hall–Kier alpha value is -1.26. The number of ether oxygens (including phenoxy) is 1. The van der Waals surface area contributed by atoms with Crippen LogP contribution < -0.4 is 10.1 Å². The average molecular weight is 276 g/mol. The molecule has 0 unspecified atom stereocenters. The van der Waals surface area contributed by atoms with E-state index in [1.54, 1.807) is 13.2 Å². The fourth-order valence-electron chi connectivity index (χ4n) is 3.44. The Bertz CT molecular complexity index is 454. The number of nitrogens with one attached hydrogen (secondary N) is 1. The lowest BCUT2D eigenvalue weighted by Crippen LogP contribution is -2.47. The minimum atomic E-state index is 0.294. The highest BCUT2D eigenvalue weighted by Gasteiger charge is 2.36. The monoisotopic (exact) mass is 276 g/mol. The summed E-state index contributed by atoms with van der Waals surface area (Å²) in [6.45, 7) is 4.13. The van der Waals surface area contributed by atoms with E-state index in [4.69, 9.17) is 4.74 Å². The van der Waals surface area contributed by atoms with Gasteiger partial charge in [0.25, 0.3) is 0 Å². The molecule has 4 nitrogen and oxygen atoms in total. The number of piperazine rings is 1. The molecule has 2 aliphatic rings. The van der Waals surface area contributed by atoms with E-state index in [0.717, 1.165) is 37.5 Å². The number of hydrogen-bond donors (Lipinski definition) is 2. The fraction of sp³-hybridized carbons (Fsp3) is 0.625. The van der Waals surface area contributed by atoms with Gasteiger partial charge >= 0.3 is 0 Å². The van der Waals surface area contributed by atoms with Crippen molar-refractivity contribution in [1.82, 2.24) is 10.2 Å². The number of phenolic OH excluding ortho intramolecular Hbond substituents is 1. The number of benzene rings is 1.